The number of carbonyl (C=O) groups is 1. The van der Waals surface area contributed by atoms with Crippen molar-refractivity contribution in [3.05, 3.63) is 149 Å². The molecule has 0 radical (unpaired) electrons. The van der Waals surface area contributed by atoms with E-state index < -0.39 is 36.7 Å². The van der Waals surface area contributed by atoms with E-state index >= 15 is 0 Å². The van der Waals surface area contributed by atoms with Crippen LogP contribution in [0.15, 0.2) is 121 Å². The fraction of sp³-hybridized carbons (Fsp3) is 0.357. The molecule has 2 heterocycles. The van der Waals surface area contributed by atoms with E-state index in [-0.39, 0.29) is 18.8 Å². The molecule has 5 atom stereocenters. The highest BCUT2D eigenvalue weighted by atomic mass is 16.7. The molecule has 1 fully saturated rings. The summed E-state index contributed by atoms with van der Waals surface area (Å²) in [6.07, 6.45) is 0.399. The second-order valence-electron chi connectivity index (χ2n) is 12.9. The van der Waals surface area contributed by atoms with Gasteiger partial charge in [-0.2, -0.15) is 0 Å². The molecule has 1 saturated heterocycles. The highest BCUT2D eigenvalue weighted by Gasteiger charge is 2.48. The van der Waals surface area contributed by atoms with E-state index in [2.05, 4.69) is 10.3 Å². The molecular formula is C42H47N3O9. The second kappa shape index (κ2) is 20.5. The minimum Gasteiger partial charge on any atom is -0.494 e. The first-order valence-corrected chi connectivity index (χ1v) is 18.1. The first-order valence-electron chi connectivity index (χ1n) is 18.1. The van der Waals surface area contributed by atoms with Gasteiger partial charge in [0.15, 0.2) is 6.29 Å². The molecule has 284 valence electrons. The molecule has 1 aliphatic heterocycles. The Kier molecular flexibility index (Phi) is 14.7. The molecule has 0 bridgehead atoms. The molecule has 0 unspecified atom stereocenters. The van der Waals surface area contributed by atoms with Gasteiger partial charge in [-0.25, -0.2) is 4.79 Å². The van der Waals surface area contributed by atoms with Crippen LogP contribution in [0.1, 0.15) is 45.6 Å². The zero-order chi connectivity index (χ0) is 37.4. The number of aromatic nitrogens is 3. The highest BCUT2D eigenvalue weighted by molar-refractivity contribution is 5.88. The number of ether oxygens (including phenoxy) is 7. The number of aryl methyl sites for hydroxylation is 1. The van der Waals surface area contributed by atoms with Crippen molar-refractivity contribution in [1.29, 1.82) is 0 Å². The Bertz CT molecular complexity index is 1830. The van der Waals surface area contributed by atoms with Crippen LogP contribution in [0, 0.1) is 0 Å². The van der Waals surface area contributed by atoms with Crippen LogP contribution < -0.4 is 4.74 Å². The number of carboxylic acids is 1. The van der Waals surface area contributed by atoms with E-state index in [1.54, 1.807) is 23.9 Å². The molecule has 54 heavy (non-hydrogen) atoms. The van der Waals surface area contributed by atoms with Crippen molar-refractivity contribution in [2.75, 3.05) is 20.3 Å². The van der Waals surface area contributed by atoms with Crippen LogP contribution in [0.4, 0.5) is 0 Å². The van der Waals surface area contributed by atoms with Gasteiger partial charge in [-0.05, 0) is 47.7 Å². The third-order valence-electron chi connectivity index (χ3n) is 8.93. The summed E-state index contributed by atoms with van der Waals surface area (Å²) in [6.45, 7) is 2.54. The van der Waals surface area contributed by atoms with Crippen molar-refractivity contribution in [2.24, 2.45) is 0 Å². The van der Waals surface area contributed by atoms with E-state index in [0.29, 0.717) is 44.4 Å². The molecule has 5 aromatic rings. The Morgan fingerprint density at radius 1 is 0.741 bits per heavy atom. The van der Waals surface area contributed by atoms with Crippen LogP contribution in [0.2, 0.25) is 0 Å². The van der Waals surface area contributed by atoms with Crippen molar-refractivity contribution in [3.63, 3.8) is 0 Å². The summed E-state index contributed by atoms with van der Waals surface area (Å²) >= 11 is 0. The number of rotatable bonds is 21. The van der Waals surface area contributed by atoms with Crippen LogP contribution in [0.3, 0.4) is 0 Å². The number of aromatic carboxylic acids is 1. The maximum atomic E-state index is 11.2. The average Bonchev–Trinajstić information content (AvgIpc) is 3.67. The molecule has 6 rings (SSSR count). The maximum Gasteiger partial charge on any atom is 0.335 e. The van der Waals surface area contributed by atoms with Crippen molar-refractivity contribution >= 4 is 5.97 Å². The van der Waals surface area contributed by atoms with Gasteiger partial charge in [0.05, 0.1) is 51.4 Å². The lowest BCUT2D eigenvalue weighted by Crippen LogP contribution is -2.61. The fourth-order valence-corrected chi connectivity index (χ4v) is 6.15. The smallest absolute Gasteiger partial charge is 0.335 e. The number of benzene rings is 4. The van der Waals surface area contributed by atoms with Crippen molar-refractivity contribution in [2.45, 2.75) is 76.5 Å². The lowest BCUT2D eigenvalue weighted by atomic mass is 9.97. The van der Waals surface area contributed by atoms with Gasteiger partial charge in [0, 0.05) is 13.7 Å². The third-order valence-corrected chi connectivity index (χ3v) is 8.93. The van der Waals surface area contributed by atoms with Gasteiger partial charge in [0.2, 0.25) is 0 Å². The Balaban J connectivity index is 1.08. The number of carboxylic acid groups (broad SMARTS) is 1. The normalized spacial score (nSPS) is 19.8. The highest BCUT2D eigenvalue weighted by Crippen LogP contribution is 2.31. The average molecular weight is 738 g/mol. The third kappa shape index (κ3) is 11.5. The molecular weight excluding hydrogens is 690 g/mol. The topological polar surface area (TPSA) is 133 Å². The summed E-state index contributed by atoms with van der Waals surface area (Å²) in [4.78, 5) is 11.2. The molecule has 12 heteroatoms. The fourth-order valence-electron chi connectivity index (χ4n) is 6.15. The minimum absolute atomic E-state index is 0.184. The van der Waals surface area contributed by atoms with E-state index in [1.807, 2.05) is 97.2 Å². The number of unbranched alkanes of at least 4 members (excludes halogenated alkanes) is 1. The number of hydrogen-bond donors (Lipinski definition) is 1. The zero-order valence-corrected chi connectivity index (χ0v) is 30.4. The molecule has 0 aliphatic carbocycles. The molecule has 0 amide bonds. The van der Waals surface area contributed by atoms with Crippen LogP contribution >= 0.6 is 0 Å². The summed E-state index contributed by atoms with van der Waals surface area (Å²) in [6, 6.07) is 36.4. The van der Waals surface area contributed by atoms with E-state index in [0.717, 1.165) is 29.5 Å². The monoisotopic (exact) mass is 737 g/mol. The molecule has 4 aromatic carbocycles. The van der Waals surface area contributed by atoms with Gasteiger partial charge in [0.1, 0.15) is 35.9 Å². The van der Waals surface area contributed by atoms with Crippen molar-refractivity contribution in [3.8, 4) is 5.75 Å². The Morgan fingerprint density at radius 3 is 1.96 bits per heavy atom. The maximum absolute atomic E-state index is 11.2. The summed E-state index contributed by atoms with van der Waals surface area (Å²) in [7, 11) is 1.60. The van der Waals surface area contributed by atoms with Gasteiger partial charge in [0.25, 0.3) is 0 Å². The van der Waals surface area contributed by atoms with Crippen molar-refractivity contribution < 1.29 is 43.1 Å². The molecule has 1 aliphatic rings. The summed E-state index contributed by atoms with van der Waals surface area (Å²) in [5, 5.41) is 17.7. The predicted molar refractivity (Wildman–Crippen MR) is 199 cm³/mol. The molecule has 1 N–H and O–H groups in total. The molecule has 0 spiro atoms. The standard InChI is InChI=1S/C42H47N3O9/c1-48-42-40(53-28-33-18-9-4-10-19-33)39(52-27-32-16-7-3-8-17-32)38(51-26-31-14-5-2-6-15-31)37(54-42)30-49-29-35-25-45(44-43-35)22-11-12-23-50-36-21-13-20-34(24-36)41(46)47/h2-10,13-21,24-25,37-40,42H,11-12,22-23,26-30H2,1H3,(H,46,47)/t37-,38-,39+,40-,42+/m1/s1. The summed E-state index contributed by atoms with van der Waals surface area (Å²) < 4.78 is 45.9. The summed E-state index contributed by atoms with van der Waals surface area (Å²) in [5.41, 5.74) is 3.94. The Morgan fingerprint density at radius 2 is 1.35 bits per heavy atom. The lowest BCUT2D eigenvalue weighted by molar-refractivity contribution is -0.323. The van der Waals surface area contributed by atoms with Crippen LogP contribution in [0.25, 0.3) is 0 Å². The van der Waals surface area contributed by atoms with Crippen LogP contribution in [0.5, 0.6) is 5.75 Å². The van der Waals surface area contributed by atoms with Gasteiger partial charge in [-0.15, -0.1) is 5.10 Å². The molecule has 12 nitrogen and oxygen atoms in total. The van der Waals surface area contributed by atoms with Gasteiger partial charge in [-0.3, -0.25) is 4.68 Å². The summed E-state index contributed by atoms with van der Waals surface area (Å²) in [5.74, 6) is -0.450. The number of methoxy groups -OCH3 is 1. The zero-order valence-electron chi connectivity index (χ0n) is 30.4. The number of nitrogens with zero attached hydrogens (tertiary/aromatic N) is 3. The Labute approximate surface area is 315 Å². The van der Waals surface area contributed by atoms with Gasteiger partial charge < -0.3 is 38.3 Å². The Hall–Kier alpha value is -4.95. The molecule has 1 aromatic heterocycles. The van der Waals surface area contributed by atoms with Crippen molar-refractivity contribution in [1.82, 2.24) is 15.0 Å². The first kappa shape index (κ1) is 38.8. The lowest BCUT2D eigenvalue weighted by Gasteiger charge is -2.45. The second-order valence-corrected chi connectivity index (χ2v) is 12.9. The minimum atomic E-state index is -0.983. The quantitative estimate of drug-likeness (QED) is 0.0831. The van der Waals surface area contributed by atoms with E-state index in [9.17, 15) is 9.90 Å². The molecule has 0 saturated carbocycles. The van der Waals surface area contributed by atoms with Gasteiger partial charge in [-0.1, -0.05) is 102 Å². The largest absolute Gasteiger partial charge is 0.494 e. The predicted octanol–water partition coefficient (Wildman–Crippen LogP) is 6.48. The van der Waals surface area contributed by atoms with Crippen LogP contribution in [-0.4, -0.2) is 77.1 Å². The van der Waals surface area contributed by atoms with Gasteiger partial charge >= 0.3 is 5.97 Å². The van der Waals surface area contributed by atoms with E-state index in [1.165, 1.54) is 12.1 Å². The van der Waals surface area contributed by atoms with Crippen LogP contribution in [-0.2, 0) is 61.4 Å². The number of hydrogen-bond acceptors (Lipinski definition) is 10. The van der Waals surface area contributed by atoms with E-state index in [4.69, 9.17) is 33.2 Å². The SMILES string of the molecule is CO[C@H]1O[C@H](COCc2cn(CCCCOc3cccc(C(=O)O)c3)nn2)[C@@H](OCc2ccccc2)[C@H](OCc2ccccc2)[C@H]1OCc1ccccc1. The first-order chi connectivity index (χ1) is 26.6.